The standard InChI is InChI=1S/C33H39Cl3N4O8S/c1-4-46-30(47-5-2)20-40(3)32(42)27(17-22-11-13-24(34)14-12-22)38-31(41)28(39-33(43)48-21-23-9-7-6-8-10-23)19-37-49(44,45)29-16-15-25(35)18-26(29)36/h6-16,18,27-28,30,37H,4-5,17,19-21H2,1-3H3,(H,38,41)(H,39,43). The number of likely N-dealkylation sites (N-methyl/N-ethyl adjacent to an activating group) is 1. The SMILES string of the molecule is CCOC(CN(C)C(=O)C(Cc1ccc(Cl)cc1)NC(=O)C(CNS(=O)(=O)c1ccc(Cl)cc1Cl)NC(=O)OCc1ccccc1)OCC. The molecule has 0 aliphatic carbocycles. The van der Waals surface area contributed by atoms with Crippen LogP contribution in [0.5, 0.6) is 0 Å². The topological polar surface area (TPSA) is 152 Å². The van der Waals surface area contributed by atoms with Crippen molar-refractivity contribution in [2.45, 2.75) is 50.1 Å². The lowest BCUT2D eigenvalue weighted by Crippen LogP contribution is -2.58. The Labute approximate surface area is 301 Å². The summed E-state index contributed by atoms with van der Waals surface area (Å²) in [6.07, 6.45) is -1.67. The van der Waals surface area contributed by atoms with Crippen LogP contribution in [0.3, 0.4) is 0 Å². The molecular formula is C33H39Cl3N4O8S. The molecule has 266 valence electrons. The molecule has 49 heavy (non-hydrogen) atoms. The van der Waals surface area contributed by atoms with Gasteiger partial charge >= 0.3 is 6.09 Å². The van der Waals surface area contributed by atoms with Gasteiger partial charge in [0.25, 0.3) is 0 Å². The summed E-state index contributed by atoms with van der Waals surface area (Å²) in [7, 11) is -2.75. The highest BCUT2D eigenvalue weighted by atomic mass is 35.5. The number of rotatable bonds is 18. The molecule has 16 heteroatoms. The molecule has 0 spiro atoms. The molecular weight excluding hydrogens is 719 g/mol. The lowest BCUT2D eigenvalue weighted by atomic mass is 10.0. The van der Waals surface area contributed by atoms with Gasteiger partial charge in [-0.25, -0.2) is 17.9 Å². The minimum atomic E-state index is -4.29. The molecule has 0 heterocycles. The van der Waals surface area contributed by atoms with E-state index in [2.05, 4.69) is 15.4 Å². The van der Waals surface area contributed by atoms with Crippen LogP contribution in [-0.4, -0.2) is 82.9 Å². The van der Waals surface area contributed by atoms with E-state index in [9.17, 15) is 22.8 Å². The van der Waals surface area contributed by atoms with Gasteiger partial charge < -0.3 is 29.7 Å². The molecule has 3 aromatic rings. The Morgan fingerprint density at radius 1 is 0.816 bits per heavy atom. The molecule has 3 aromatic carbocycles. The van der Waals surface area contributed by atoms with Gasteiger partial charge in [0.1, 0.15) is 23.6 Å². The van der Waals surface area contributed by atoms with Crippen LogP contribution in [-0.2, 0) is 46.9 Å². The zero-order chi connectivity index (χ0) is 36.0. The molecule has 0 saturated heterocycles. The van der Waals surface area contributed by atoms with Crippen molar-refractivity contribution in [1.82, 2.24) is 20.3 Å². The summed E-state index contributed by atoms with van der Waals surface area (Å²) in [5.74, 6) is -1.36. The summed E-state index contributed by atoms with van der Waals surface area (Å²) >= 11 is 18.1. The number of nitrogens with zero attached hydrogens (tertiary/aromatic N) is 1. The lowest BCUT2D eigenvalue weighted by molar-refractivity contribution is -0.158. The summed E-state index contributed by atoms with van der Waals surface area (Å²) in [5, 5.41) is 5.64. The van der Waals surface area contributed by atoms with Crippen LogP contribution in [0.15, 0.2) is 77.7 Å². The number of nitrogens with one attached hydrogen (secondary N) is 3. The molecule has 0 bridgehead atoms. The van der Waals surface area contributed by atoms with Crippen molar-refractivity contribution in [2.24, 2.45) is 0 Å². The zero-order valence-corrected chi connectivity index (χ0v) is 30.2. The van der Waals surface area contributed by atoms with Crippen LogP contribution in [0.2, 0.25) is 15.1 Å². The van der Waals surface area contributed by atoms with E-state index in [1.54, 1.807) is 68.4 Å². The van der Waals surface area contributed by atoms with Crippen LogP contribution in [0.4, 0.5) is 4.79 Å². The van der Waals surface area contributed by atoms with Gasteiger partial charge in [-0.05, 0) is 55.3 Å². The summed E-state index contributed by atoms with van der Waals surface area (Å²) in [6, 6.07) is 16.6. The first kappa shape index (κ1) is 40.0. The van der Waals surface area contributed by atoms with E-state index >= 15 is 0 Å². The third kappa shape index (κ3) is 13.1. The van der Waals surface area contributed by atoms with Crippen molar-refractivity contribution in [1.29, 1.82) is 0 Å². The van der Waals surface area contributed by atoms with Crippen molar-refractivity contribution < 1.29 is 37.0 Å². The van der Waals surface area contributed by atoms with E-state index in [1.807, 2.05) is 0 Å². The molecule has 0 saturated carbocycles. The molecule has 0 aromatic heterocycles. The Hall–Kier alpha value is -3.43. The van der Waals surface area contributed by atoms with Crippen molar-refractivity contribution in [3.63, 3.8) is 0 Å². The first-order chi connectivity index (χ1) is 23.3. The molecule has 0 aliphatic heterocycles. The van der Waals surface area contributed by atoms with E-state index in [0.29, 0.717) is 29.4 Å². The smallest absolute Gasteiger partial charge is 0.408 e. The maximum Gasteiger partial charge on any atom is 0.408 e. The number of hydrogen-bond acceptors (Lipinski definition) is 8. The second-order valence-corrected chi connectivity index (χ2v) is 13.7. The molecule has 0 radical (unpaired) electrons. The Morgan fingerprint density at radius 2 is 1.45 bits per heavy atom. The molecule has 12 nitrogen and oxygen atoms in total. The normalized spacial score (nSPS) is 12.6. The van der Waals surface area contributed by atoms with Crippen LogP contribution in [0.25, 0.3) is 0 Å². The number of carbonyl (C=O) groups excluding carboxylic acids is 3. The maximum atomic E-state index is 13.8. The van der Waals surface area contributed by atoms with E-state index in [-0.39, 0.29) is 34.5 Å². The predicted octanol–water partition coefficient (Wildman–Crippen LogP) is 4.81. The highest BCUT2D eigenvalue weighted by molar-refractivity contribution is 7.89. The van der Waals surface area contributed by atoms with Crippen molar-refractivity contribution in [3.8, 4) is 0 Å². The monoisotopic (exact) mass is 756 g/mol. The second kappa shape index (κ2) is 19.7. The number of ether oxygens (including phenoxy) is 3. The molecule has 2 atom stereocenters. The summed E-state index contributed by atoms with van der Waals surface area (Å²) in [4.78, 5) is 41.6. The molecule has 0 fully saturated rings. The van der Waals surface area contributed by atoms with Crippen molar-refractivity contribution >= 4 is 62.7 Å². The van der Waals surface area contributed by atoms with Crippen LogP contribution in [0, 0.1) is 0 Å². The van der Waals surface area contributed by atoms with Gasteiger partial charge in [0.2, 0.25) is 21.8 Å². The number of amides is 3. The van der Waals surface area contributed by atoms with Crippen molar-refractivity contribution in [3.05, 3.63) is 99.0 Å². The minimum Gasteiger partial charge on any atom is -0.445 e. The summed E-state index contributed by atoms with van der Waals surface area (Å²) in [6.45, 7) is 3.61. The Morgan fingerprint density at radius 3 is 2.06 bits per heavy atom. The van der Waals surface area contributed by atoms with Crippen LogP contribution in [0.1, 0.15) is 25.0 Å². The van der Waals surface area contributed by atoms with E-state index in [4.69, 9.17) is 49.0 Å². The van der Waals surface area contributed by atoms with Gasteiger partial charge in [-0.1, -0.05) is 77.3 Å². The fourth-order valence-electron chi connectivity index (χ4n) is 4.51. The van der Waals surface area contributed by atoms with Gasteiger partial charge in [0, 0.05) is 43.3 Å². The second-order valence-electron chi connectivity index (χ2n) is 10.6. The van der Waals surface area contributed by atoms with Crippen LogP contribution >= 0.6 is 34.8 Å². The number of carbonyl (C=O) groups is 3. The third-order valence-electron chi connectivity index (χ3n) is 6.95. The van der Waals surface area contributed by atoms with Gasteiger partial charge in [0.15, 0.2) is 6.29 Å². The van der Waals surface area contributed by atoms with Crippen LogP contribution < -0.4 is 15.4 Å². The number of sulfonamides is 1. The highest BCUT2D eigenvalue weighted by Gasteiger charge is 2.31. The van der Waals surface area contributed by atoms with Gasteiger partial charge in [-0.15, -0.1) is 0 Å². The molecule has 3 amide bonds. The lowest BCUT2D eigenvalue weighted by Gasteiger charge is -2.29. The first-order valence-corrected chi connectivity index (χ1v) is 17.9. The number of benzene rings is 3. The van der Waals surface area contributed by atoms with E-state index in [1.165, 1.54) is 30.1 Å². The molecule has 3 N–H and O–H groups in total. The molecule has 0 aliphatic rings. The number of halogens is 3. The zero-order valence-electron chi connectivity index (χ0n) is 27.2. The minimum absolute atomic E-state index is 0.0390. The fraction of sp³-hybridized carbons (Fsp3) is 0.364. The van der Waals surface area contributed by atoms with Gasteiger partial charge in [0.05, 0.1) is 11.6 Å². The molecule has 3 rings (SSSR count). The number of hydrogen-bond donors (Lipinski definition) is 3. The average molecular weight is 758 g/mol. The fourth-order valence-corrected chi connectivity index (χ4v) is 6.46. The Kier molecular flexibility index (Phi) is 16.1. The predicted molar refractivity (Wildman–Crippen MR) is 187 cm³/mol. The summed E-state index contributed by atoms with van der Waals surface area (Å²) < 4.78 is 45.1. The van der Waals surface area contributed by atoms with Gasteiger partial charge in [-0.3, -0.25) is 9.59 Å². The highest BCUT2D eigenvalue weighted by Crippen LogP contribution is 2.24. The first-order valence-electron chi connectivity index (χ1n) is 15.3. The third-order valence-corrected chi connectivity index (χ3v) is 9.35. The maximum absolute atomic E-state index is 13.8. The Balaban J connectivity index is 1.86. The van der Waals surface area contributed by atoms with E-state index in [0.717, 1.165) is 0 Å². The average Bonchev–Trinajstić information content (AvgIpc) is 3.06. The van der Waals surface area contributed by atoms with Crippen molar-refractivity contribution in [2.75, 3.05) is 33.4 Å². The van der Waals surface area contributed by atoms with Gasteiger partial charge in [-0.2, -0.15) is 0 Å². The quantitative estimate of drug-likeness (QED) is 0.157. The van der Waals surface area contributed by atoms with E-state index < -0.39 is 52.8 Å². The largest absolute Gasteiger partial charge is 0.445 e. The molecule has 2 unspecified atom stereocenters. The Bertz CT molecular complexity index is 1640. The summed E-state index contributed by atoms with van der Waals surface area (Å²) in [5.41, 5.74) is 1.36. The number of alkyl carbamates (subject to hydrolysis) is 1.